The van der Waals surface area contributed by atoms with Crippen molar-refractivity contribution in [1.29, 1.82) is 0 Å². The largest absolute Gasteiger partial charge is 0.332 e. The van der Waals surface area contributed by atoms with Gasteiger partial charge in [-0.3, -0.25) is 14.5 Å². The number of likely N-dealkylation sites (N-methyl/N-ethyl adjacent to an activating group) is 2. The average Bonchev–Trinajstić information content (AvgIpc) is 3.02. The molecule has 0 spiro atoms. The van der Waals surface area contributed by atoms with Gasteiger partial charge in [0.2, 0.25) is 11.8 Å². The van der Waals surface area contributed by atoms with Crippen molar-refractivity contribution in [2.45, 2.75) is 43.0 Å². The molecule has 0 bridgehead atoms. The van der Waals surface area contributed by atoms with Crippen LogP contribution < -0.4 is 16.0 Å². The summed E-state index contributed by atoms with van der Waals surface area (Å²) >= 11 is 1.88. The van der Waals surface area contributed by atoms with Crippen molar-refractivity contribution < 1.29 is 14.4 Å². The maximum absolute atomic E-state index is 11.9. The van der Waals surface area contributed by atoms with E-state index in [1.54, 1.807) is 7.05 Å². The Balaban J connectivity index is 1.64. The van der Waals surface area contributed by atoms with E-state index in [4.69, 9.17) is 0 Å². The molecule has 8 heteroatoms. The third-order valence-corrected chi connectivity index (χ3v) is 5.65. The van der Waals surface area contributed by atoms with Crippen LogP contribution in [0.5, 0.6) is 0 Å². The molecular formula is C14H24N4O3S. The Morgan fingerprint density at radius 2 is 2.09 bits per heavy atom. The molecule has 7 nitrogen and oxygen atoms in total. The van der Waals surface area contributed by atoms with Gasteiger partial charge in [-0.25, -0.2) is 4.79 Å². The molecule has 0 aliphatic carbocycles. The molecule has 0 unspecified atom stereocenters. The Kier molecular flexibility index (Phi) is 6.07. The van der Waals surface area contributed by atoms with E-state index < -0.39 is 0 Å². The van der Waals surface area contributed by atoms with Crippen molar-refractivity contribution >= 4 is 29.6 Å². The van der Waals surface area contributed by atoms with Crippen molar-refractivity contribution in [1.82, 2.24) is 20.9 Å². The first-order valence-electron chi connectivity index (χ1n) is 7.65. The number of carbonyl (C=O) groups excluding carboxylic acids is 3. The number of nitrogens with zero attached hydrogens (tertiary/aromatic N) is 1. The number of rotatable bonds is 7. The van der Waals surface area contributed by atoms with Gasteiger partial charge in [0.15, 0.2) is 0 Å². The third-order valence-electron chi connectivity index (χ3n) is 4.14. The summed E-state index contributed by atoms with van der Waals surface area (Å²) in [5, 5.41) is 9.05. The lowest BCUT2D eigenvalue weighted by Gasteiger charge is -2.17. The summed E-state index contributed by atoms with van der Waals surface area (Å²) in [6.07, 6.45) is 3.07. The summed E-state index contributed by atoms with van der Waals surface area (Å²) in [6.45, 7) is 0.177. The molecule has 124 valence electrons. The van der Waals surface area contributed by atoms with Crippen molar-refractivity contribution in [3.63, 3.8) is 0 Å². The van der Waals surface area contributed by atoms with Crippen molar-refractivity contribution in [2.75, 3.05) is 26.4 Å². The number of urea groups is 1. The van der Waals surface area contributed by atoms with Crippen LogP contribution in [-0.2, 0) is 9.59 Å². The first kappa shape index (κ1) is 17.1. The van der Waals surface area contributed by atoms with Gasteiger partial charge in [-0.15, -0.1) is 0 Å². The summed E-state index contributed by atoms with van der Waals surface area (Å²) < 4.78 is 0. The van der Waals surface area contributed by atoms with Gasteiger partial charge in [-0.2, -0.15) is 11.8 Å². The van der Waals surface area contributed by atoms with Gasteiger partial charge in [0.1, 0.15) is 0 Å². The van der Waals surface area contributed by atoms with Crippen molar-refractivity contribution in [3.8, 4) is 0 Å². The Hall–Kier alpha value is -1.28. The van der Waals surface area contributed by atoms with E-state index in [0.717, 1.165) is 25.0 Å². The minimum absolute atomic E-state index is 0.0693. The van der Waals surface area contributed by atoms with Crippen LogP contribution in [0.1, 0.15) is 25.7 Å². The number of amides is 4. The second-order valence-electron chi connectivity index (χ2n) is 5.74. The van der Waals surface area contributed by atoms with Crippen LogP contribution in [0.25, 0.3) is 0 Å². The molecular weight excluding hydrogens is 304 g/mol. The molecule has 2 aliphatic heterocycles. The van der Waals surface area contributed by atoms with E-state index in [-0.39, 0.29) is 36.5 Å². The van der Waals surface area contributed by atoms with Gasteiger partial charge in [0.05, 0.1) is 18.6 Å². The molecule has 2 aliphatic rings. The molecule has 2 fully saturated rings. The summed E-state index contributed by atoms with van der Waals surface area (Å²) in [6, 6.07) is 0.391. The first-order chi connectivity index (χ1) is 10.5. The number of thioether (sulfide) groups is 1. The number of nitrogens with one attached hydrogen (secondary N) is 3. The van der Waals surface area contributed by atoms with Gasteiger partial charge in [-0.05, 0) is 19.9 Å². The quantitative estimate of drug-likeness (QED) is 0.449. The van der Waals surface area contributed by atoms with E-state index in [1.165, 1.54) is 11.9 Å². The van der Waals surface area contributed by atoms with E-state index in [2.05, 4.69) is 16.0 Å². The third kappa shape index (κ3) is 4.13. The summed E-state index contributed by atoms with van der Waals surface area (Å²) in [5.41, 5.74) is 0. The van der Waals surface area contributed by atoms with Crippen LogP contribution in [0.2, 0.25) is 0 Å². The average molecular weight is 328 g/mol. The number of imide groups is 1. The van der Waals surface area contributed by atoms with Gasteiger partial charge in [0.25, 0.3) is 0 Å². The van der Waals surface area contributed by atoms with Gasteiger partial charge >= 0.3 is 6.03 Å². The summed E-state index contributed by atoms with van der Waals surface area (Å²) in [7, 11) is 3.21. The molecule has 0 aromatic heterocycles. The number of unbranched alkanes of at least 4 members (excludes halogenated alkanes) is 1. The minimum atomic E-state index is -0.207. The number of carbonyl (C=O) groups is 3. The molecule has 2 saturated heterocycles. The van der Waals surface area contributed by atoms with E-state index in [9.17, 15) is 14.4 Å². The monoisotopic (exact) mass is 328 g/mol. The SMILES string of the molecule is CNCC(=O)N(C)C(=O)CCCC[C@@H]1SC[C@@H]2NC(=O)N[C@@H]21. The number of hydrogen-bond acceptors (Lipinski definition) is 5. The van der Waals surface area contributed by atoms with Crippen LogP contribution in [0, 0.1) is 0 Å². The van der Waals surface area contributed by atoms with E-state index >= 15 is 0 Å². The Labute approximate surface area is 134 Å². The predicted octanol–water partition coefficient (Wildman–Crippen LogP) is -0.0834. The van der Waals surface area contributed by atoms with Crippen LogP contribution >= 0.6 is 11.8 Å². The van der Waals surface area contributed by atoms with Crippen LogP contribution in [0.4, 0.5) is 4.79 Å². The molecule has 0 radical (unpaired) electrons. The van der Waals surface area contributed by atoms with Crippen LogP contribution in [-0.4, -0.2) is 66.5 Å². The molecule has 3 N–H and O–H groups in total. The van der Waals surface area contributed by atoms with Gasteiger partial charge in [-0.1, -0.05) is 6.42 Å². The second kappa shape index (κ2) is 7.82. The van der Waals surface area contributed by atoms with Crippen molar-refractivity contribution in [3.05, 3.63) is 0 Å². The molecule has 4 amide bonds. The topological polar surface area (TPSA) is 90.5 Å². The fourth-order valence-electron chi connectivity index (χ4n) is 2.84. The summed E-state index contributed by atoms with van der Waals surface area (Å²) in [5.74, 6) is 0.614. The van der Waals surface area contributed by atoms with Gasteiger partial charge in [0, 0.05) is 24.5 Å². The standard InChI is InChI=1S/C14H24N4O3S/c1-15-7-12(20)18(2)11(19)6-4-3-5-10-13-9(8-22-10)16-14(21)17-13/h9-10,13,15H,3-8H2,1-2H3,(H2,16,17,21)/t9-,10-,13-/m0/s1. The highest BCUT2D eigenvalue weighted by molar-refractivity contribution is 8.00. The normalized spacial score (nSPS) is 26.3. The lowest BCUT2D eigenvalue weighted by atomic mass is 10.0. The Morgan fingerprint density at radius 1 is 1.32 bits per heavy atom. The lowest BCUT2D eigenvalue weighted by Crippen LogP contribution is -2.38. The Bertz CT molecular complexity index is 446. The molecule has 0 saturated carbocycles. The summed E-state index contributed by atoms with van der Waals surface area (Å²) in [4.78, 5) is 35.9. The molecule has 22 heavy (non-hydrogen) atoms. The highest BCUT2D eigenvalue weighted by atomic mass is 32.2. The molecule has 2 rings (SSSR count). The molecule has 2 heterocycles. The Morgan fingerprint density at radius 3 is 2.82 bits per heavy atom. The first-order valence-corrected chi connectivity index (χ1v) is 8.70. The fourth-order valence-corrected chi connectivity index (χ4v) is 4.38. The maximum atomic E-state index is 11.9. The van der Waals surface area contributed by atoms with E-state index in [1.807, 2.05) is 11.8 Å². The highest BCUT2D eigenvalue weighted by Gasteiger charge is 2.42. The molecule has 3 atom stereocenters. The highest BCUT2D eigenvalue weighted by Crippen LogP contribution is 2.33. The number of fused-ring (bicyclic) bond motifs is 1. The molecule has 0 aromatic carbocycles. The second-order valence-corrected chi connectivity index (χ2v) is 7.02. The zero-order chi connectivity index (χ0) is 16.1. The lowest BCUT2D eigenvalue weighted by molar-refractivity contribution is -0.142. The van der Waals surface area contributed by atoms with Crippen molar-refractivity contribution in [2.24, 2.45) is 0 Å². The van der Waals surface area contributed by atoms with Gasteiger partial charge < -0.3 is 16.0 Å². The predicted molar refractivity (Wildman–Crippen MR) is 85.7 cm³/mol. The van der Waals surface area contributed by atoms with Crippen LogP contribution in [0.3, 0.4) is 0 Å². The van der Waals surface area contributed by atoms with Crippen LogP contribution in [0.15, 0.2) is 0 Å². The zero-order valence-corrected chi connectivity index (χ0v) is 13.9. The smallest absolute Gasteiger partial charge is 0.315 e. The van der Waals surface area contributed by atoms with E-state index in [0.29, 0.717) is 11.7 Å². The minimum Gasteiger partial charge on any atom is -0.332 e. The fraction of sp³-hybridized carbons (Fsp3) is 0.786. The molecule has 0 aromatic rings. The zero-order valence-electron chi connectivity index (χ0n) is 13.1. The maximum Gasteiger partial charge on any atom is 0.315 e. The number of hydrogen-bond donors (Lipinski definition) is 3.